The summed E-state index contributed by atoms with van der Waals surface area (Å²) in [5.41, 5.74) is 3.43. The Hall–Kier alpha value is -2.09. The standard InChI is InChI=1S/C9H8.C8H8O2/c1-2-5-9-7-3-6-8(9)4-1;9-8(10)7-4-5-1-2-6(7)3-5/h1-6H,7H2;1-2,4-6H,3H2,(H,9,10). The summed E-state index contributed by atoms with van der Waals surface area (Å²) in [4.78, 5) is 10.5. The van der Waals surface area contributed by atoms with Crippen LogP contribution in [0.3, 0.4) is 0 Å². The molecule has 0 fully saturated rings. The van der Waals surface area contributed by atoms with E-state index in [1.165, 1.54) is 11.1 Å². The van der Waals surface area contributed by atoms with Crippen molar-refractivity contribution in [2.75, 3.05) is 0 Å². The molecule has 0 spiro atoms. The lowest BCUT2D eigenvalue weighted by molar-refractivity contribution is -0.133. The van der Waals surface area contributed by atoms with Crippen molar-refractivity contribution in [3.05, 3.63) is 65.3 Å². The van der Waals surface area contributed by atoms with E-state index < -0.39 is 5.97 Å². The molecule has 96 valence electrons. The molecule has 2 heteroatoms. The van der Waals surface area contributed by atoms with Gasteiger partial charge < -0.3 is 5.11 Å². The monoisotopic (exact) mass is 252 g/mol. The highest BCUT2D eigenvalue weighted by Gasteiger charge is 2.31. The van der Waals surface area contributed by atoms with E-state index in [-0.39, 0.29) is 5.92 Å². The van der Waals surface area contributed by atoms with Crippen LogP contribution in [0.4, 0.5) is 0 Å². The number of allylic oxidation sites excluding steroid dienone is 4. The summed E-state index contributed by atoms with van der Waals surface area (Å²) in [6, 6.07) is 8.49. The molecule has 1 N–H and O–H groups in total. The van der Waals surface area contributed by atoms with Crippen LogP contribution in [0.1, 0.15) is 17.5 Å². The quantitative estimate of drug-likeness (QED) is 0.777. The molecular formula is C17H16O2. The van der Waals surface area contributed by atoms with Crippen molar-refractivity contribution in [3.8, 4) is 0 Å². The van der Waals surface area contributed by atoms with Crippen LogP contribution in [0.2, 0.25) is 0 Å². The number of fused-ring (bicyclic) bond motifs is 3. The predicted octanol–water partition coefficient (Wildman–Crippen LogP) is 3.46. The topological polar surface area (TPSA) is 37.3 Å². The second kappa shape index (κ2) is 4.88. The Kier molecular flexibility index (Phi) is 3.08. The summed E-state index contributed by atoms with van der Waals surface area (Å²) < 4.78 is 0. The zero-order valence-corrected chi connectivity index (χ0v) is 10.6. The van der Waals surface area contributed by atoms with Gasteiger partial charge in [0, 0.05) is 11.5 Å². The maximum absolute atomic E-state index is 10.5. The highest BCUT2D eigenvalue weighted by atomic mass is 16.4. The number of rotatable bonds is 1. The molecule has 1 aromatic rings. The zero-order chi connectivity index (χ0) is 13.2. The van der Waals surface area contributed by atoms with Gasteiger partial charge in [0.15, 0.2) is 0 Å². The van der Waals surface area contributed by atoms with Crippen LogP contribution in [0.5, 0.6) is 0 Å². The number of carboxylic acids is 1. The Morgan fingerprint density at radius 3 is 2.63 bits per heavy atom. The number of aliphatic carboxylic acids is 1. The molecule has 0 aromatic heterocycles. The molecule has 0 amide bonds. The normalized spacial score (nSPS) is 24.7. The predicted molar refractivity (Wildman–Crippen MR) is 75.6 cm³/mol. The molecule has 2 atom stereocenters. The van der Waals surface area contributed by atoms with Crippen LogP contribution in [-0.4, -0.2) is 11.1 Å². The summed E-state index contributed by atoms with van der Waals surface area (Å²) in [5, 5.41) is 8.63. The maximum atomic E-state index is 10.5. The third kappa shape index (κ3) is 2.39. The van der Waals surface area contributed by atoms with E-state index in [4.69, 9.17) is 5.11 Å². The van der Waals surface area contributed by atoms with Crippen molar-refractivity contribution in [2.24, 2.45) is 11.8 Å². The van der Waals surface area contributed by atoms with Crippen molar-refractivity contribution in [1.82, 2.24) is 0 Å². The smallest absolute Gasteiger partial charge is 0.331 e. The minimum atomic E-state index is -0.753. The number of benzene rings is 1. The molecule has 3 aliphatic carbocycles. The van der Waals surface area contributed by atoms with Gasteiger partial charge in [-0.05, 0) is 29.9 Å². The molecular weight excluding hydrogens is 236 g/mol. The lowest BCUT2D eigenvalue weighted by atomic mass is 10.0. The van der Waals surface area contributed by atoms with E-state index >= 15 is 0 Å². The van der Waals surface area contributed by atoms with Crippen molar-refractivity contribution in [2.45, 2.75) is 12.8 Å². The van der Waals surface area contributed by atoms with Gasteiger partial charge in [-0.3, -0.25) is 0 Å². The fourth-order valence-electron chi connectivity index (χ4n) is 2.86. The molecule has 4 rings (SSSR count). The van der Waals surface area contributed by atoms with Gasteiger partial charge in [0.1, 0.15) is 0 Å². The number of carbonyl (C=O) groups is 1. The Morgan fingerprint density at radius 2 is 2.05 bits per heavy atom. The lowest BCUT2D eigenvalue weighted by Gasteiger charge is -2.01. The maximum Gasteiger partial charge on any atom is 0.331 e. The van der Waals surface area contributed by atoms with Gasteiger partial charge in [-0.15, -0.1) is 0 Å². The first-order chi connectivity index (χ1) is 9.24. The summed E-state index contributed by atoms with van der Waals surface area (Å²) in [5.74, 6) is -0.129. The van der Waals surface area contributed by atoms with E-state index in [0.29, 0.717) is 11.5 Å². The van der Waals surface area contributed by atoms with Crippen LogP contribution < -0.4 is 0 Å². The van der Waals surface area contributed by atoms with Gasteiger partial charge in [0.05, 0.1) is 0 Å². The van der Waals surface area contributed by atoms with Crippen molar-refractivity contribution < 1.29 is 9.90 Å². The van der Waals surface area contributed by atoms with Crippen LogP contribution in [0.15, 0.2) is 54.1 Å². The minimum Gasteiger partial charge on any atom is -0.478 e. The van der Waals surface area contributed by atoms with Crippen LogP contribution in [0.25, 0.3) is 6.08 Å². The Bertz CT molecular complexity index is 593. The van der Waals surface area contributed by atoms with Gasteiger partial charge in [-0.2, -0.15) is 0 Å². The second-order valence-corrected chi connectivity index (χ2v) is 5.12. The Labute approximate surface area is 112 Å². The molecule has 0 saturated carbocycles. The molecule has 0 radical (unpaired) electrons. The number of hydrogen-bond donors (Lipinski definition) is 1. The zero-order valence-electron chi connectivity index (χ0n) is 10.6. The molecule has 0 heterocycles. The van der Waals surface area contributed by atoms with E-state index in [0.717, 1.165) is 12.8 Å². The third-order valence-corrected chi connectivity index (χ3v) is 3.85. The van der Waals surface area contributed by atoms with E-state index in [1.807, 2.05) is 12.2 Å². The van der Waals surface area contributed by atoms with Crippen molar-refractivity contribution >= 4 is 12.0 Å². The molecule has 2 nitrogen and oxygen atoms in total. The van der Waals surface area contributed by atoms with Gasteiger partial charge in [0.2, 0.25) is 0 Å². The number of carboxylic acid groups (broad SMARTS) is 1. The summed E-state index contributed by atoms with van der Waals surface area (Å²) >= 11 is 0. The largest absolute Gasteiger partial charge is 0.478 e. The van der Waals surface area contributed by atoms with Crippen LogP contribution in [0, 0.1) is 11.8 Å². The average molecular weight is 252 g/mol. The first-order valence-corrected chi connectivity index (χ1v) is 6.62. The van der Waals surface area contributed by atoms with Gasteiger partial charge in [-0.1, -0.05) is 54.6 Å². The molecule has 0 aliphatic heterocycles. The molecule has 19 heavy (non-hydrogen) atoms. The van der Waals surface area contributed by atoms with Gasteiger partial charge >= 0.3 is 5.97 Å². The van der Waals surface area contributed by atoms with E-state index in [2.05, 4.69) is 42.5 Å². The summed E-state index contributed by atoms with van der Waals surface area (Å²) in [7, 11) is 0. The fraction of sp³-hybridized carbons (Fsp3) is 0.235. The second-order valence-electron chi connectivity index (χ2n) is 5.12. The molecule has 1 aromatic carbocycles. The van der Waals surface area contributed by atoms with Crippen LogP contribution >= 0.6 is 0 Å². The first-order valence-electron chi connectivity index (χ1n) is 6.62. The Morgan fingerprint density at radius 1 is 1.21 bits per heavy atom. The Balaban J connectivity index is 0.000000117. The third-order valence-electron chi connectivity index (χ3n) is 3.85. The number of hydrogen-bond acceptors (Lipinski definition) is 1. The average Bonchev–Trinajstić information content (AvgIpc) is 3.15. The summed E-state index contributed by atoms with van der Waals surface area (Å²) in [6.45, 7) is 0. The lowest BCUT2D eigenvalue weighted by Crippen LogP contribution is -2.05. The van der Waals surface area contributed by atoms with E-state index in [1.54, 1.807) is 0 Å². The molecule has 3 aliphatic rings. The molecule has 0 saturated heterocycles. The van der Waals surface area contributed by atoms with Gasteiger partial charge in [-0.25, -0.2) is 4.79 Å². The van der Waals surface area contributed by atoms with Gasteiger partial charge in [0.25, 0.3) is 0 Å². The van der Waals surface area contributed by atoms with Crippen molar-refractivity contribution in [1.29, 1.82) is 0 Å². The van der Waals surface area contributed by atoms with Crippen molar-refractivity contribution in [3.63, 3.8) is 0 Å². The SMILES string of the molecule is C1=Cc2ccccc2C1.O=C(O)C1=CC2C=CC1C2. The highest BCUT2D eigenvalue weighted by Crippen LogP contribution is 2.37. The summed E-state index contributed by atoms with van der Waals surface area (Å²) in [6.07, 6.45) is 12.4. The fourth-order valence-corrected chi connectivity index (χ4v) is 2.86. The minimum absolute atomic E-state index is 0.211. The van der Waals surface area contributed by atoms with Crippen LogP contribution in [-0.2, 0) is 11.2 Å². The first kappa shape index (κ1) is 12.0. The molecule has 2 unspecified atom stereocenters. The highest BCUT2D eigenvalue weighted by molar-refractivity contribution is 5.88. The molecule has 2 bridgehead atoms. The van der Waals surface area contributed by atoms with E-state index in [9.17, 15) is 4.79 Å².